The molecular formula is C30H28FN5O3S. The second-order valence-electron chi connectivity index (χ2n) is 9.82. The molecule has 10 heteroatoms. The first-order valence-electron chi connectivity index (χ1n) is 13.1. The lowest BCUT2D eigenvalue weighted by molar-refractivity contribution is -0.120. The molecule has 1 fully saturated rings. The van der Waals surface area contributed by atoms with Gasteiger partial charge in [0.2, 0.25) is 0 Å². The summed E-state index contributed by atoms with van der Waals surface area (Å²) in [5, 5.41) is 18.2. The fourth-order valence-corrected chi connectivity index (χ4v) is 5.92. The van der Waals surface area contributed by atoms with Gasteiger partial charge in [-0.2, -0.15) is 0 Å². The number of hydrogen-bond acceptors (Lipinski definition) is 7. The maximum Gasteiger partial charge on any atom is 0.255 e. The highest BCUT2D eigenvalue weighted by Crippen LogP contribution is 2.36. The number of hydrogen-bond donors (Lipinski definition) is 3. The number of aliphatic hydroxyl groups is 1. The van der Waals surface area contributed by atoms with Crippen molar-refractivity contribution in [1.29, 1.82) is 0 Å². The number of thiazole rings is 1. The topological polar surface area (TPSA) is 97.8 Å². The molecule has 4 aromatic rings. The molecule has 2 amide bonds. The number of nitrogens with zero attached hydrogens (tertiary/aromatic N) is 3. The van der Waals surface area contributed by atoms with Crippen molar-refractivity contribution in [2.75, 3.05) is 36.4 Å². The first-order valence-corrected chi connectivity index (χ1v) is 14.0. The first kappa shape index (κ1) is 26.1. The molecule has 1 saturated heterocycles. The van der Waals surface area contributed by atoms with Gasteiger partial charge in [-0.1, -0.05) is 24.3 Å². The van der Waals surface area contributed by atoms with Gasteiger partial charge in [0.15, 0.2) is 5.13 Å². The number of aliphatic hydroxyl groups excluding tert-OH is 1. The van der Waals surface area contributed by atoms with Crippen molar-refractivity contribution < 1.29 is 19.1 Å². The summed E-state index contributed by atoms with van der Waals surface area (Å²) in [5.74, 6) is -1.42. The normalized spacial score (nSPS) is 15.7. The molecule has 204 valence electrons. The largest absolute Gasteiger partial charge is 0.392 e. The molecule has 2 aliphatic rings. The Morgan fingerprint density at radius 3 is 2.58 bits per heavy atom. The summed E-state index contributed by atoms with van der Waals surface area (Å²) in [4.78, 5) is 35.1. The van der Waals surface area contributed by atoms with Gasteiger partial charge < -0.3 is 20.2 Å². The van der Waals surface area contributed by atoms with Crippen LogP contribution in [-0.2, 0) is 17.9 Å². The van der Waals surface area contributed by atoms with Crippen LogP contribution >= 0.6 is 11.3 Å². The second kappa shape index (κ2) is 11.2. The lowest BCUT2D eigenvalue weighted by Crippen LogP contribution is -2.43. The third kappa shape index (κ3) is 5.08. The molecule has 1 atom stereocenters. The van der Waals surface area contributed by atoms with Crippen LogP contribution in [0.4, 0.5) is 15.2 Å². The SMILES string of the molecule is O=C(Nc1nccs1)C(c1cc(F)ccc1CO)N1Cc2cc(-c3ccc(N4CCNCC4)cc3)ccc2C1=O. The lowest BCUT2D eigenvalue weighted by Gasteiger charge is -2.29. The average molecular weight is 558 g/mol. The van der Waals surface area contributed by atoms with Gasteiger partial charge >= 0.3 is 0 Å². The number of piperazine rings is 1. The summed E-state index contributed by atoms with van der Waals surface area (Å²) in [6.07, 6.45) is 1.56. The fourth-order valence-electron chi connectivity index (χ4n) is 5.39. The van der Waals surface area contributed by atoms with Crippen molar-refractivity contribution in [3.05, 3.63) is 100 Å². The number of fused-ring (bicyclic) bond motifs is 1. The van der Waals surface area contributed by atoms with Crippen LogP contribution in [0.2, 0.25) is 0 Å². The van der Waals surface area contributed by atoms with E-state index in [2.05, 4.69) is 44.8 Å². The maximum atomic E-state index is 14.4. The summed E-state index contributed by atoms with van der Waals surface area (Å²) in [5.41, 5.74) is 5.05. The van der Waals surface area contributed by atoms with Gasteiger partial charge in [0, 0.05) is 55.6 Å². The molecule has 0 bridgehead atoms. The Balaban J connectivity index is 1.30. The minimum absolute atomic E-state index is 0.165. The molecule has 3 heterocycles. The van der Waals surface area contributed by atoms with Gasteiger partial charge in [0.25, 0.3) is 11.8 Å². The Morgan fingerprint density at radius 1 is 1.07 bits per heavy atom. The molecular weight excluding hydrogens is 529 g/mol. The number of amides is 2. The Morgan fingerprint density at radius 2 is 1.85 bits per heavy atom. The Bertz CT molecular complexity index is 1540. The summed E-state index contributed by atoms with van der Waals surface area (Å²) in [6, 6.07) is 16.8. The van der Waals surface area contributed by atoms with Crippen LogP contribution in [0.5, 0.6) is 0 Å². The smallest absolute Gasteiger partial charge is 0.255 e. The second-order valence-corrected chi connectivity index (χ2v) is 10.7. The molecule has 0 spiro atoms. The van der Waals surface area contributed by atoms with E-state index in [9.17, 15) is 19.1 Å². The molecule has 0 radical (unpaired) electrons. The predicted molar refractivity (Wildman–Crippen MR) is 153 cm³/mol. The Kier molecular flexibility index (Phi) is 7.29. The number of nitrogens with one attached hydrogen (secondary N) is 2. The van der Waals surface area contributed by atoms with Gasteiger partial charge in [0.05, 0.1) is 6.61 Å². The van der Waals surface area contributed by atoms with Crippen molar-refractivity contribution in [1.82, 2.24) is 15.2 Å². The van der Waals surface area contributed by atoms with Gasteiger partial charge in [-0.3, -0.25) is 14.9 Å². The number of benzene rings is 3. The van der Waals surface area contributed by atoms with Crippen LogP contribution in [-0.4, -0.2) is 53.0 Å². The predicted octanol–water partition coefficient (Wildman–Crippen LogP) is 4.19. The Labute approximate surface area is 235 Å². The first-order chi connectivity index (χ1) is 19.5. The van der Waals surface area contributed by atoms with Gasteiger partial charge in [-0.05, 0) is 64.2 Å². The van der Waals surface area contributed by atoms with E-state index in [0.717, 1.165) is 42.9 Å². The third-order valence-electron chi connectivity index (χ3n) is 7.42. The molecule has 1 aromatic heterocycles. The molecule has 0 aliphatic carbocycles. The number of carbonyl (C=O) groups excluding carboxylic acids is 2. The average Bonchev–Trinajstić information content (AvgIpc) is 3.61. The summed E-state index contributed by atoms with van der Waals surface area (Å²) in [7, 11) is 0. The van der Waals surface area contributed by atoms with Crippen LogP contribution in [0.1, 0.15) is 33.1 Å². The highest BCUT2D eigenvalue weighted by Gasteiger charge is 2.39. The third-order valence-corrected chi connectivity index (χ3v) is 8.10. The van der Waals surface area contributed by atoms with Crippen LogP contribution < -0.4 is 15.5 Å². The van der Waals surface area contributed by atoms with E-state index >= 15 is 0 Å². The van der Waals surface area contributed by atoms with Crippen molar-refractivity contribution >= 4 is 34.0 Å². The molecule has 0 saturated carbocycles. The standard InChI is InChI=1S/C30H28FN5O3S/c31-23-5-1-21(18-37)26(16-23)27(28(38)34-30-33-11-14-40-30)36-17-22-15-20(4-8-25(22)29(36)39)19-2-6-24(7-3-19)35-12-9-32-10-13-35/h1-8,11,14-16,27,32,37H,9-10,12-13,17-18H2,(H,33,34,38). The van der Waals surface area contributed by atoms with E-state index in [1.54, 1.807) is 17.6 Å². The van der Waals surface area contributed by atoms with E-state index in [4.69, 9.17) is 0 Å². The summed E-state index contributed by atoms with van der Waals surface area (Å²) >= 11 is 1.24. The van der Waals surface area contributed by atoms with E-state index in [-0.39, 0.29) is 18.0 Å². The minimum Gasteiger partial charge on any atom is -0.392 e. The van der Waals surface area contributed by atoms with Crippen molar-refractivity contribution in [2.45, 2.75) is 19.2 Å². The highest BCUT2D eigenvalue weighted by atomic mass is 32.1. The van der Waals surface area contributed by atoms with Crippen molar-refractivity contribution in [3.63, 3.8) is 0 Å². The minimum atomic E-state index is -1.16. The number of halogens is 1. The molecule has 1 unspecified atom stereocenters. The van der Waals surface area contributed by atoms with Crippen molar-refractivity contribution in [3.8, 4) is 11.1 Å². The summed E-state index contributed by atoms with van der Waals surface area (Å²) < 4.78 is 14.4. The van der Waals surface area contributed by atoms with Crippen LogP contribution in [0, 0.1) is 5.82 Å². The number of rotatable bonds is 7. The zero-order valence-corrected chi connectivity index (χ0v) is 22.5. The van der Waals surface area contributed by atoms with Crippen LogP contribution in [0.15, 0.2) is 72.2 Å². The number of carbonyl (C=O) groups is 2. The van der Waals surface area contributed by atoms with E-state index < -0.39 is 24.4 Å². The molecule has 6 rings (SSSR count). The maximum absolute atomic E-state index is 14.4. The quantitative estimate of drug-likeness (QED) is 0.315. The van der Waals surface area contributed by atoms with E-state index in [1.807, 2.05) is 12.1 Å². The highest BCUT2D eigenvalue weighted by molar-refractivity contribution is 7.13. The monoisotopic (exact) mass is 557 g/mol. The summed E-state index contributed by atoms with van der Waals surface area (Å²) in [6.45, 7) is 3.64. The van der Waals surface area contributed by atoms with Crippen LogP contribution in [0.3, 0.4) is 0 Å². The van der Waals surface area contributed by atoms with Gasteiger partial charge in [-0.25, -0.2) is 9.37 Å². The Hall–Kier alpha value is -4.12. The van der Waals surface area contributed by atoms with E-state index in [1.165, 1.54) is 40.1 Å². The zero-order valence-electron chi connectivity index (χ0n) is 21.6. The number of anilines is 2. The van der Waals surface area contributed by atoms with E-state index in [0.29, 0.717) is 16.3 Å². The van der Waals surface area contributed by atoms with Crippen LogP contribution in [0.25, 0.3) is 11.1 Å². The van der Waals surface area contributed by atoms with Gasteiger partial charge in [0.1, 0.15) is 11.9 Å². The molecule has 3 aromatic carbocycles. The molecule has 2 aliphatic heterocycles. The fraction of sp³-hybridized carbons (Fsp3) is 0.233. The number of aromatic nitrogens is 1. The molecule has 3 N–H and O–H groups in total. The molecule has 40 heavy (non-hydrogen) atoms. The molecule has 8 nitrogen and oxygen atoms in total. The van der Waals surface area contributed by atoms with Crippen molar-refractivity contribution in [2.24, 2.45) is 0 Å². The van der Waals surface area contributed by atoms with Gasteiger partial charge in [-0.15, -0.1) is 11.3 Å². The zero-order chi connectivity index (χ0) is 27.6. The lowest BCUT2D eigenvalue weighted by atomic mass is 9.98.